The average molecular weight is 418 g/mol. The predicted octanol–water partition coefficient (Wildman–Crippen LogP) is 2.75. The van der Waals surface area contributed by atoms with E-state index < -0.39 is 23.2 Å². The Morgan fingerprint density at radius 2 is 1.76 bits per heavy atom. The van der Waals surface area contributed by atoms with Gasteiger partial charge in [-0.1, -0.05) is 41.9 Å². The third-order valence-electron chi connectivity index (χ3n) is 4.68. The molecule has 0 spiro atoms. The summed E-state index contributed by atoms with van der Waals surface area (Å²) in [6, 6.07) is 13.7. The van der Waals surface area contributed by atoms with Gasteiger partial charge in [0, 0.05) is 43.8 Å². The van der Waals surface area contributed by atoms with E-state index in [1.165, 1.54) is 17.7 Å². The van der Waals surface area contributed by atoms with Gasteiger partial charge in [0.25, 0.3) is 11.6 Å². The lowest BCUT2D eigenvalue weighted by molar-refractivity contribution is -0.385. The fraction of sp³-hybridized carbons (Fsp3) is 0.300. The average Bonchev–Trinajstić information content (AvgIpc) is 2.73. The molecule has 1 heterocycles. The minimum atomic E-state index is -0.926. The fourth-order valence-corrected chi connectivity index (χ4v) is 3.29. The molecule has 0 unspecified atom stereocenters. The van der Waals surface area contributed by atoms with Crippen LogP contribution in [0.5, 0.6) is 0 Å². The van der Waals surface area contributed by atoms with E-state index in [1.807, 2.05) is 18.2 Å². The molecule has 3 rings (SSSR count). The number of hydrogen-bond acceptors (Lipinski definition) is 6. The first-order valence-electron chi connectivity index (χ1n) is 9.09. The van der Waals surface area contributed by atoms with Crippen molar-refractivity contribution in [3.8, 4) is 0 Å². The van der Waals surface area contributed by atoms with E-state index in [0.29, 0.717) is 13.1 Å². The fourth-order valence-electron chi connectivity index (χ4n) is 3.12. The SMILES string of the molecule is O=C(OCC(=O)N1CCN(Cc2ccccc2)CC1)c1ccc(Cl)cc1[N+](=O)[O-]. The summed E-state index contributed by atoms with van der Waals surface area (Å²) in [5, 5.41) is 11.2. The monoisotopic (exact) mass is 417 g/mol. The van der Waals surface area contributed by atoms with E-state index in [4.69, 9.17) is 16.3 Å². The Kier molecular flexibility index (Phi) is 6.79. The molecule has 8 nitrogen and oxygen atoms in total. The highest BCUT2D eigenvalue weighted by Gasteiger charge is 2.25. The second kappa shape index (κ2) is 9.49. The first kappa shape index (κ1) is 20.8. The van der Waals surface area contributed by atoms with Crippen LogP contribution in [0.3, 0.4) is 0 Å². The second-order valence-corrected chi connectivity index (χ2v) is 7.07. The van der Waals surface area contributed by atoms with Crippen LogP contribution in [-0.2, 0) is 16.1 Å². The molecule has 0 saturated carbocycles. The van der Waals surface area contributed by atoms with Crippen molar-refractivity contribution >= 4 is 29.2 Å². The Morgan fingerprint density at radius 3 is 2.41 bits per heavy atom. The van der Waals surface area contributed by atoms with Crippen molar-refractivity contribution in [2.24, 2.45) is 0 Å². The van der Waals surface area contributed by atoms with Crippen LogP contribution in [0.2, 0.25) is 5.02 Å². The van der Waals surface area contributed by atoms with Gasteiger partial charge < -0.3 is 9.64 Å². The molecule has 1 fully saturated rings. The number of amides is 1. The van der Waals surface area contributed by atoms with Gasteiger partial charge in [-0.2, -0.15) is 0 Å². The Balaban J connectivity index is 1.49. The van der Waals surface area contributed by atoms with Crippen LogP contribution in [0.15, 0.2) is 48.5 Å². The highest BCUT2D eigenvalue weighted by molar-refractivity contribution is 6.31. The van der Waals surface area contributed by atoms with Crippen molar-refractivity contribution in [3.05, 3.63) is 74.8 Å². The van der Waals surface area contributed by atoms with E-state index in [0.717, 1.165) is 25.7 Å². The van der Waals surface area contributed by atoms with Gasteiger partial charge in [0.05, 0.1) is 4.92 Å². The largest absolute Gasteiger partial charge is 0.452 e. The van der Waals surface area contributed by atoms with Crippen molar-refractivity contribution in [1.29, 1.82) is 0 Å². The summed E-state index contributed by atoms with van der Waals surface area (Å²) in [6.07, 6.45) is 0. The molecular formula is C20H20ClN3O5. The van der Waals surface area contributed by atoms with Crippen molar-refractivity contribution in [3.63, 3.8) is 0 Å². The number of carbonyl (C=O) groups is 2. The molecule has 9 heteroatoms. The molecular weight excluding hydrogens is 398 g/mol. The molecule has 1 amide bonds. The van der Waals surface area contributed by atoms with E-state index in [-0.39, 0.29) is 16.5 Å². The number of ether oxygens (including phenoxy) is 1. The number of hydrogen-bond donors (Lipinski definition) is 0. The molecule has 2 aromatic rings. The molecule has 0 aromatic heterocycles. The zero-order valence-corrected chi connectivity index (χ0v) is 16.4. The smallest absolute Gasteiger partial charge is 0.345 e. The van der Waals surface area contributed by atoms with Gasteiger partial charge in [-0.3, -0.25) is 19.8 Å². The van der Waals surface area contributed by atoms with Gasteiger partial charge >= 0.3 is 5.97 Å². The standard InChI is InChI=1S/C20H20ClN3O5/c21-16-6-7-17(18(12-16)24(27)28)20(26)29-14-19(25)23-10-8-22(9-11-23)13-15-4-2-1-3-5-15/h1-7,12H,8-11,13-14H2. The number of rotatable bonds is 6. The Morgan fingerprint density at radius 1 is 1.07 bits per heavy atom. The molecule has 0 atom stereocenters. The summed E-state index contributed by atoms with van der Waals surface area (Å²) in [6.45, 7) is 2.86. The molecule has 152 valence electrons. The first-order valence-corrected chi connectivity index (χ1v) is 9.47. The third kappa shape index (κ3) is 5.52. The topological polar surface area (TPSA) is 93.0 Å². The molecule has 29 heavy (non-hydrogen) atoms. The summed E-state index contributed by atoms with van der Waals surface area (Å²) >= 11 is 5.74. The highest BCUT2D eigenvalue weighted by Crippen LogP contribution is 2.24. The number of halogens is 1. The summed E-state index contributed by atoms with van der Waals surface area (Å²) < 4.78 is 5.01. The maximum Gasteiger partial charge on any atom is 0.345 e. The van der Waals surface area contributed by atoms with Gasteiger partial charge in [0.15, 0.2) is 6.61 Å². The Labute approximate surface area is 172 Å². The number of benzene rings is 2. The van der Waals surface area contributed by atoms with E-state index >= 15 is 0 Å². The van der Waals surface area contributed by atoms with E-state index in [9.17, 15) is 19.7 Å². The van der Waals surface area contributed by atoms with E-state index in [1.54, 1.807) is 4.90 Å². The van der Waals surface area contributed by atoms with Crippen molar-refractivity contribution < 1.29 is 19.2 Å². The Hall–Kier alpha value is -2.97. The molecule has 2 aromatic carbocycles. The van der Waals surface area contributed by atoms with Crippen molar-refractivity contribution in [2.45, 2.75) is 6.54 Å². The predicted molar refractivity (Wildman–Crippen MR) is 107 cm³/mol. The number of piperazine rings is 1. The number of esters is 1. The molecule has 1 saturated heterocycles. The zero-order chi connectivity index (χ0) is 20.8. The van der Waals surface area contributed by atoms with Crippen LogP contribution in [0.1, 0.15) is 15.9 Å². The number of nitro benzene ring substituents is 1. The zero-order valence-electron chi connectivity index (χ0n) is 15.6. The van der Waals surface area contributed by atoms with Crippen LogP contribution < -0.4 is 0 Å². The van der Waals surface area contributed by atoms with Gasteiger partial charge in [-0.15, -0.1) is 0 Å². The van der Waals surface area contributed by atoms with Crippen LogP contribution in [-0.4, -0.2) is 59.4 Å². The molecule has 0 N–H and O–H groups in total. The molecule has 1 aliphatic rings. The van der Waals surface area contributed by atoms with E-state index in [2.05, 4.69) is 17.0 Å². The lowest BCUT2D eigenvalue weighted by Gasteiger charge is -2.34. The van der Waals surface area contributed by atoms with Crippen molar-refractivity contribution in [1.82, 2.24) is 9.80 Å². The van der Waals surface area contributed by atoms with Crippen molar-refractivity contribution in [2.75, 3.05) is 32.8 Å². The van der Waals surface area contributed by atoms with Crippen LogP contribution in [0.25, 0.3) is 0 Å². The normalized spacial score (nSPS) is 14.4. The molecule has 1 aliphatic heterocycles. The highest BCUT2D eigenvalue weighted by atomic mass is 35.5. The van der Waals surface area contributed by atoms with Gasteiger partial charge in [0.2, 0.25) is 0 Å². The van der Waals surface area contributed by atoms with Gasteiger partial charge in [-0.25, -0.2) is 4.79 Å². The Bertz CT molecular complexity index is 898. The number of carbonyl (C=O) groups excluding carboxylic acids is 2. The second-order valence-electron chi connectivity index (χ2n) is 6.64. The summed E-state index contributed by atoms with van der Waals surface area (Å²) in [7, 11) is 0. The molecule has 0 radical (unpaired) electrons. The lowest BCUT2D eigenvalue weighted by atomic mass is 10.2. The first-order chi connectivity index (χ1) is 13.9. The maximum absolute atomic E-state index is 12.3. The van der Waals surface area contributed by atoms with Gasteiger partial charge in [-0.05, 0) is 17.7 Å². The number of nitrogens with zero attached hydrogens (tertiary/aromatic N) is 3. The maximum atomic E-state index is 12.3. The summed E-state index contributed by atoms with van der Waals surface area (Å²) in [5.74, 6) is -1.25. The summed E-state index contributed by atoms with van der Waals surface area (Å²) in [4.78, 5) is 38.8. The minimum absolute atomic E-state index is 0.137. The van der Waals surface area contributed by atoms with Crippen LogP contribution in [0.4, 0.5) is 5.69 Å². The summed E-state index contributed by atoms with van der Waals surface area (Å²) in [5.41, 5.74) is 0.523. The third-order valence-corrected chi connectivity index (χ3v) is 4.91. The van der Waals surface area contributed by atoms with Gasteiger partial charge in [0.1, 0.15) is 5.56 Å². The molecule has 0 bridgehead atoms. The minimum Gasteiger partial charge on any atom is -0.452 e. The number of nitro groups is 1. The van der Waals surface area contributed by atoms with Crippen LogP contribution >= 0.6 is 11.6 Å². The van der Waals surface area contributed by atoms with Crippen LogP contribution in [0, 0.1) is 10.1 Å². The molecule has 0 aliphatic carbocycles. The lowest BCUT2D eigenvalue weighted by Crippen LogP contribution is -2.49. The quantitative estimate of drug-likeness (QED) is 0.407.